The lowest BCUT2D eigenvalue weighted by molar-refractivity contribution is -0.104. The number of ether oxygens (including phenoxy) is 1. The number of rotatable bonds is 15. The zero-order chi connectivity index (χ0) is 15.1. The normalized spacial score (nSPS) is 13.1. The summed E-state index contributed by atoms with van der Waals surface area (Å²) in [6, 6.07) is 0. The maximum atomic E-state index is 9.40. The summed E-state index contributed by atoms with van der Waals surface area (Å²) in [6.45, 7) is 7.40. The molecule has 0 fully saturated rings. The number of aliphatic hydroxyl groups is 1. The molecule has 0 aliphatic heterocycles. The van der Waals surface area contributed by atoms with Crippen LogP contribution >= 0.6 is 0 Å². The third kappa shape index (κ3) is 16.0. The van der Waals surface area contributed by atoms with Crippen LogP contribution in [0.3, 0.4) is 0 Å². The van der Waals surface area contributed by atoms with Crippen LogP contribution in [-0.4, -0.2) is 18.0 Å². The molecule has 0 spiro atoms. The zero-order valence-electron chi connectivity index (χ0n) is 14.2. The molecule has 1 atom stereocenters. The van der Waals surface area contributed by atoms with Gasteiger partial charge in [0.25, 0.3) is 0 Å². The van der Waals surface area contributed by atoms with Crippen molar-refractivity contribution in [3.05, 3.63) is 0 Å². The van der Waals surface area contributed by atoms with E-state index in [1.807, 2.05) is 0 Å². The Morgan fingerprint density at radius 1 is 0.750 bits per heavy atom. The molecule has 0 aromatic rings. The fourth-order valence-corrected chi connectivity index (χ4v) is 2.44. The molecule has 0 saturated carbocycles. The van der Waals surface area contributed by atoms with Gasteiger partial charge in [-0.25, -0.2) is 0 Å². The minimum absolute atomic E-state index is 0.536. The van der Waals surface area contributed by atoms with Crippen LogP contribution in [0.1, 0.15) is 97.8 Å². The van der Waals surface area contributed by atoms with Crippen LogP contribution in [0.25, 0.3) is 0 Å². The number of hydrogen-bond acceptors (Lipinski definition) is 2. The van der Waals surface area contributed by atoms with Crippen LogP contribution in [0.4, 0.5) is 0 Å². The predicted molar refractivity (Wildman–Crippen MR) is 87.9 cm³/mol. The minimum Gasteiger partial charge on any atom is -0.368 e. The SMILES string of the molecule is CCCC(O)OCCCCCCCCCCCC(C)C. The van der Waals surface area contributed by atoms with E-state index in [-0.39, 0.29) is 0 Å². The van der Waals surface area contributed by atoms with Gasteiger partial charge in [-0.3, -0.25) is 0 Å². The van der Waals surface area contributed by atoms with Crippen molar-refractivity contribution < 1.29 is 9.84 Å². The Balaban J connectivity index is 3.03. The number of unbranched alkanes of at least 4 members (excludes halogenated alkanes) is 8. The van der Waals surface area contributed by atoms with E-state index >= 15 is 0 Å². The Kier molecular flexibility index (Phi) is 15.3. The van der Waals surface area contributed by atoms with Crippen LogP contribution in [0.2, 0.25) is 0 Å². The van der Waals surface area contributed by atoms with Gasteiger partial charge in [0.2, 0.25) is 0 Å². The Morgan fingerprint density at radius 3 is 1.75 bits per heavy atom. The van der Waals surface area contributed by atoms with Crippen molar-refractivity contribution in [1.82, 2.24) is 0 Å². The summed E-state index contributed by atoms with van der Waals surface area (Å²) in [5.74, 6) is 0.869. The molecule has 0 saturated heterocycles. The van der Waals surface area contributed by atoms with Crippen LogP contribution in [-0.2, 0) is 4.74 Å². The van der Waals surface area contributed by atoms with Gasteiger partial charge in [0, 0.05) is 6.61 Å². The molecule has 0 heterocycles. The first-order valence-corrected chi connectivity index (χ1v) is 8.96. The van der Waals surface area contributed by atoms with Gasteiger partial charge in [0.05, 0.1) is 0 Å². The third-order valence-corrected chi connectivity index (χ3v) is 3.77. The van der Waals surface area contributed by atoms with Gasteiger partial charge in [-0.05, 0) is 18.8 Å². The summed E-state index contributed by atoms with van der Waals surface area (Å²) in [7, 11) is 0. The van der Waals surface area contributed by atoms with Crippen LogP contribution in [0.5, 0.6) is 0 Å². The molecule has 0 aromatic carbocycles. The largest absolute Gasteiger partial charge is 0.368 e. The summed E-state index contributed by atoms with van der Waals surface area (Å²) in [4.78, 5) is 0. The summed E-state index contributed by atoms with van der Waals surface area (Å²) < 4.78 is 5.33. The lowest BCUT2D eigenvalue weighted by Crippen LogP contribution is -2.12. The highest BCUT2D eigenvalue weighted by Gasteiger charge is 2.01. The van der Waals surface area contributed by atoms with Gasteiger partial charge in [0.1, 0.15) is 0 Å². The fraction of sp³-hybridized carbons (Fsp3) is 1.00. The molecule has 1 N–H and O–H groups in total. The smallest absolute Gasteiger partial charge is 0.154 e. The standard InChI is InChI=1S/C18H38O2/c1-4-14-18(19)20-16-13-11-9-7-5-6-8-10-12-15-17(2)3/h17-19H,4-16H2,1-3H3. The van der Waals surface area contributed by atoms with E-state index in [2.05, 4.69) is 20.8 Å². The van der Waals surface area contributed by atoms with Gasteiger partial charge >= 0.3 is 0 Å². The van der Waals surface area contributed by atoms with Crippen molar-refractivity contribution in [1.29, 1.82) is 0 Å². The van der Waals surface area contributed by atoms with Crippen molar-refractivity contribution in [3.8, 4) is 0 Å². The molecule has 20 heavy (non-hydrogen) atoms. The summed E-state index contributed by atoms with van der Waals surface area (Å²) >= 11 is 0. The van der Waals surface area contributed by atoms with E-state index < -0.39 is 6.29 Å². The molecule has 2 heteroatoms. The topological polar surface area (TPSA) is 29.5 Å². The lowest BCUT2D eigenvalue weighted by atomic mass is 10.0. The first kappa shape index (κ1) is 19.9. The second-order valence-corrected chi connectivity index (χ2v) is 6.48. The van der Waals surface area contributed by atoms with E-state index in [0.717, 1.165) is 31.8 Å². The highest BCUT2D eigenvalue weighted by molar-refractivity contribution is 4.50. The molecule has 0 amide bonds. The molecular weight excluding hydrogens is 248 g/mol. The van der Waals surface area contributed by atoms with Gasteiger partial charge < -0.3 is 9.84 Å². The molecule has 2 nitrogen and oxygen atoms in total. The maximum Gasteiger partial charge on any atom is 0.154 e. The van der Waals surface area contributed by atoms with E-state index in [9.17, 15) is 5.11 Å². The van der Waals surface area contributed by atoms with Crippen molar-refractivity contribution in [2.24, 2.45) is 5.92 Å². The summed E-state index contributed by atoms with van der Waals surface area (Å²) in [6.07, 6.45) is 14.7. The predicted octanol–water partition coefficient (Wildman–Crippen LogP) is 5.68. The van der Waals surface area contributed by atoms with E-state index in [0.29, 0.717) is 0 Å². The highest BCUT2D eigenvalue weighted by atomic mass is 16.6. The maximum absolute atomic E-state index is 9.40. The molecule has 0 aliphatic rings. The van der Waals surface area contributed by atoms with Gasteiger partial charge in [0.15, 0.2) is 6.29 Å². The Hall–Kier alpha value is -0.0800. The monoisotopic (exact) mass is 286 g/mol. The van der Waals surface area contributed by atoms with Crippen molar-refractivity contribution in [2.75, 3.05) is 6.61 Å². The molecule has 0 radical (unpaired) electrons. The van der Waals surface area contributed by atoms with Gasteiger partial charge in [-0.1, -0.05) is 85.0 Å². The van der Waals surface area contributed by atoms with E-state index in [1.54, 1.807) is 0 Å². The average Bonchev–Trinajstić information content (AvgIpc) is 2.40. The molecule has 0 bridgehead atoms. The second kappa shape index (κ2) is 15.3. The molecular formula is C18H38O2. The third-order valence-electron chi connectivity index (χ3n) is 3.77. The highest BCUT2D eigenvalue weighted by Crippen LogP contribution is 2.13. The van der Waals surface area contributed by atoms with E-state index in [4.69, 9.17) is 4.74 Å². The molecule has 1 unspecified atom stereocenters. The first-order chi connectivity index (χ1) is 9.66. The van der Waals surface area contributed by atoms with Crippen molar-refractivity contribution >= 4 is 0 Å². The fourth-order valence-electron chi connectivity index (χ4n) is 2.44. The van der Waals surface area contributed by atoms with Crippen LogP contribution < -0.4 is 0 Å². The molecule has 0 rings (SSSR count). The quantitative estimate of drug-likeness (QED) is 0.310. The molecule has 122 valence electrons. The Morgan fingerprint density at radius 2 is 1.25 bits per heavy atom. The van der Waals surface area contributed by atoms with E-state index in [1.165, 1.54) is 57.8 Å². The molecule has 0 aromatic heterocycles. The summed E-state index contributed by atoms with van der Waals surface area (Å²) in [5.41, 5.74) is 0. The molecule has 0 aliphatic carbocycles. The number of aliphatic hydroxyl groups excluding tert-OH is 1. The van der Waals surface area contributed by atoms with Gasteiger partial charge in [-0.15, -0.1) is 0 Å². The Bertz CT molecular complexity index is 180. The Labute approximate surface area is 127 Å². The van der Waals surface area contributed by atoms with Crippen LogP contribution in [0, 0.1) is 5.92 Å². The minimum atomic E-state index is -0.536. The summed E-state index contributed by atoms with van der Waals surface area (Å²) in [5, 5.41) is 9.40. The van der Waals surface area contributed by atoms with Crippen LogP contribution in [0.15, 0.2) is 0 Å². The zero-order valence-corrected chi connectivity index (χ0v) is 14.2. The number of hydrogen-bond donors (Lipinski definition) is 1. The van der Waals surface area contributed by atoms with Gasteiger partial charge in [-0.2, -0.15) is 0 Å². The first-order valence-electron chi connectivity index (χ1n) is 8.96. The average molecular weight is 286 g/mol. The van der Waals surface area contributed by atoms with Crippen molar-refractivity contribution in [2.45, 2.75) is 104 Å². The van der Waals surface area contributed by atoms with Crippen molar-refractivity contribution in [3.63, 3.8) is 0 Å². The lowest BCUT2D eigenvalue weighted by Gasteiger charge is -2.10. The second-order valence-electron chi connectivity index (χ2n) is 6.48.